The number of aromatic nitrogens is 2. The van der Waals surface area contributed by atoms with E-state index < -0.39 is 0 Å². The van der Waals surface area contributed by atoms with Crippen LogP contribution in [0.15, 0.2) is 48.7 Å². The highest BCUT2D eigenvalue weighted by atomic mass is 16.5. The zero-order valence-electron chi connectivity index (χ0n) is 14.4. The van der Waals surface area contributed by atoms with Crippen LogP contribution in [-0.2, 0) is 16.0 Å². The second kappa shape index (κ2) is 6.63. The summed E-state index contributed by atoms with van der Waals surface area (Å²) in [5.74, 6) is 0.736. The molecule has 0 atom stereocenters. The fraction of sp³-hybridized carbons (Fsp3) is 0.250. The fourth-order valence-electron chi connectivity index (χ4n) is 3.06. The van der Waals surface area contributed by atoms with E-state index in [0.29, 0.717) is 22.9 Å². The van der Waals surface area contributed by atoms with Crippen molar-refractivity contribution in [2.45, 2.75) is 25.2 Å². The lowest BCUT2D eigenvalue weighted by Gasteiger charge is -2.09. The summed E-state index contributed by atoms with van der Waals surface area (Å²) in [6, 6.07) is 12.9. The van der Waals surface area contributed by atoms with Gasteiger partial charge in [-0.2, -0.15) is 0 Å². The smallest absolute Gasteiger partial charge is 0.310 e. The van der Waals surface area contributed by atoms with Gasteiger partial charge in [0.15, 0.2) is 5.69 Å². The highest BCUT2D eigenvalue weighted by molar-refractivity contribution is 6.08. The van der Waals surface area contributed by atoms with E-state index in [1.165, 1.54) is 7.11 Å². The van der Waals surface area contributed by atoms with Gasteiger partial charge in [-0.05, 0) is 36.6 Å². The largest absolute Gasteiger partial charge is 0.469 e. The van der Waals surface area contributed by atoms with Crippen LogP contribution in [-0.4, -0.2) is 28.4 Å². The molecule has 1 aliphatic carbocycles. The van der Waals surface area contributed by atoms with Crippen LogP contribution in [0, 0.1) is 0 Å². The molecule has 3 aromatic rings. The first kappa shape index (κ1) is 16.3. The van der Waals surface area contributed by atoms with E-state index in [4.69, 9.17) is 4.74 Å². The second-order valence-electron chi connectivity index (χ2n) is 6.41. The molecular formula is C20H19N3O3. The Labute approximate surface area is 150 Å². The molecule has 132 valence electrons. The van der Waals surface area contributed by atoms with E-state index in [9.17, 15) is 9.59 Å². The first-order valence-corrected chi connectivity index (χ1v) is 8.60. The molecule has 26 heavy (non-hydrogen) atoms. The van der Waals surface area contributed by atoms with Crippen LogP contribution < -0.4 is 5.32 Å². The number of imidazole rings is 1. The predicted octanol–water partition coefficient (Wildman–Crippen LogP) is 3.18. The lowest BCUT2D eigenvalue weighted by Crippen LogP contribution is -2.15. The molecule has 6 nitrogen and oxygen atoms in total. The Morgan fingerprint density at radius 3 is 2.73 bits per heavy atom. The van der Waals surface area contributed by atoms with Crippen molar-refractivity contribution in [3.63, 3.8) is 0 Å². The van der Waals surface area contributed by atoms with E-state index in [0.717, 1.165) is 24.2 Å². The van der Waals surface area contributed by atoms with Crippen LogP contribution in [0.25, 0.3) is 5.52 Å². The molecule has 1 saturated carbocycles. The second-order valence-corrected chi connectivity index (χ2v) is 6.41. The summed E-state index contributed by atoms with van der Waals surface area (Å²) >= 11 is 0. The molecule has 1 fully saturated rings. The summed E-state index contributed by atoms with van der Waals surface area (Å²) < 4.78 is 6.72. The third-order valence-corrected chi connectivity index (χ3v) is 4.56. The average Bonchev–Trinajstić information content (AvgIpc) is 3.43. The van der Waals surface area contributed by atoms with Gasteiger partial charge in [0.1, 0.15) is 5.82 Å². The van der Waals surface area contributed by atoms with Crippen LogP contribution in [0.4, 0.5) is 5.69 Å². The molecule has 0 saturated heterocycles. The standard InChI is InChI=1S/C20H19N3O3/c1-26-17(24)12-14-6-2-3-7-15(14)21-20(25)18-16-8-4-5-11-23(16)19(22-18)13-9-10-13/h2-8,11,13H,9-10,12H2,1H3,(H,21,25). The monoisotopic (exact) mass is 349 g/mol. The average molecular weight is 349 g/mol. The number of pyridine rings is 1. The van der Waals surface area contributed by atoms with E-state index in [-0.39, 0.29) is 18.3 Å². The predicted molar refractivity (Wildman–Crippen MR) is 97.3 cm³/mol. The highest BCUT2D eigenvalue weighted by Crippen LogP contribution is 2.40. The van der Waals surface area contributed by atoms with Crippen molar-refractivity contribution in [1.29, 1.82) is 0 Å². The Bertz CT molecular complexity index is 989. The molecule has 6 heteroatoms. The molecule has 0 spiro atoms. The van der Waals surface area contributed by atoms with Gasteiger partial charge in [0, 0.05) is 17.8 Å². The zero-order valence-corrected chi connectivity index (χ0v) is 14.4. The number of rotatable bonds is 5. The highest BCUT2D eigenvalue weighted by Gasteiger charge is 2.30. The lowest BCUT2D eigenvalue weighted by molar-refractivity contribution is -0.139. The van der Waals surface area contributed by atoms with E-state index >= 15 is 0 Å². The molecule has 1 aromatic carbocycles. The normalized spacial score (nSPS) is 13.6. The maximum atomic E-state index is 12.9. The molecule has 1 N–H and O–H groups in total. The SMILES string of the molecule is COC(=O)Cc1ccccc1NC(=O)c1nc(C2CC2)n2ccccc12. The number of methoxy groups -OCH3 is 1. The molecule has 0 bridgehead atoms. The zero-order chi connectivity index (χ0) is 18.1. The minimum atomic E-state index is -0.352. The topological polar surface area (TPSA) is 72.7 Å². The van der Waals surface area contributed by atoms with Crippen molar-refractivity contribution in [2.24, 2.45) is 0 Å². The molecule has 1 aliphatic rings. The number of hydrogen-bond donors (Lipinski definition) is 1. The number of hydrogen-bond acceptors (Lipinski definition) is 4. The van der Waals surface area contributed by atoms with Crippen LogP contribution in [0.5, 0.6) is 0 Å². The van der Waals surface area contributed by atoms with Gasteiger partial charge in [-0.15, -0.1) is 0 Å². The molecule has 0 aliphatic heterocycles. The maximum Gasteiger partial charge on any atom is 0.310 e. The molecule has 1 amide bonds. The number of ether oxygens (including phenoxy) is 1. The van der Waals surface area contributed by atoms with Crippen molar-refractivity contribution >= 4 is 23.1 Å². The van der Waals surface area contributed by atoms with Gasteiger partial charge in [-0.1, -0.05) is 24.3 Å². The van der Waals surface area contributed by atoms with Crippen molar-refractivity contribution in [2.75, 3.05) is 12.4 Å². The quantitative estimate of drug-likeness (QED) is 0.718. The van der Waals surface area contributed by atoms with Gasteiger partial charge in [0.05, 0.1) is 19.0 Å². The van der Waals surface area contributed by atoms with Gasteiger partial charge in [0.2, 0.25) is 0 Å². The minimum Gasteiger partial charge on any atom is -0.469 e. The summed E-state index contributed by atoms with van der Waals surface area (Å²) in [6.45, 7) is 0. The number of carbonyl (C=O) groups is 2. The Hall–Kier alpha value is -3.15. The molecular weight excluding hydrogens is 330 g/mol. The summed E-state index contributed by atoms with van der Waals surface area (Å²) in [4.78, 5) is 29.1. The van der Waals surface area contributed by atoms with Crippen LogP contribution in [0.3, 0.4) is 0 Å². The van der Waals surface area contributed by atoms with Crippen molar-refractivity contribution in [3.05, 3.63) is 65.7 Å². The molecule has 2 aromatic heterocycles. The fourth-order valence-corrected chi connectivity index (χ4v) is 3.06. The number of nitrogens with one attached hydrogen (secondary N) is 1. The molecule has 2 heterocycles. The number of nitrogens with zero attached hydrogens (tertiary/aromatic N) is 2. The number of esters is 1. The Kier molecular flexibility index (Phi) is 4.16. The minimum absolute atomic E-state index is 0.101. The first-order chi connectivity index (χ1) is 12.7. The third-order valence-electron chi connectivity index (χ3n) is 4.56. The maximum absolute atomic E-state index is 12.9. The summed E-state index contributed by atoms with van der Waals surface area (Å²) in [5.41, 5.74) is 2.49. The van der Waals surface area contributed by atoms with E-state index in [1.807, 2.05) is 40.9 Å². The van der Waals surface area contributed by atoms with Gasteiger partial charge in [-0.25, -0.2) is 4.98 Å². The van der Waals surface area contributed by atoms with E-state index in [2.05, 4.69) is 10.3 Å². The Morgan fingerprint density at radius 1 is 1.19 bits per heavy atom. The van der Waals surface area contributed by atoms with Gasteiger partial charge in [0.25, 0.3) is 5.91 Å². The third kappa shape index (κ3) is 3.06. The van der Waals surface area contributed by atoms with Gasteiger partial charge < -0.3 is 14.5 Å². The van der Waals surface area contributed by atoms with Crippen molar-refractivity contribution in [3.8, 4) is 0 Å². The van der Waals surface area contributed by atoms with Gasteiger partial charge in [-0.3, -0.25) is 9.59 Å². The Balaban J connectivity index is 1.66. The van der Waals surface area contributed by atoms with Crippen LogP contribution in [0.2, 0.25) is 0 Å². The molecule has 0 radical (unpaired) electrons. The van der Waals surface area contributed by atoms with E-state index in [1.54, 1.807) is 12.1 Å². The molecule has 0 unspecified atom stereocenters. The number of benzene rings is 1. The summed E-state index contributed by atoms with van der Waals surface area (Å²) in [6.07, 6.45) is 4.26. The lowest BCUT2D eigenvalue weighted by atomic mass is 10.1. The van der Waals surface area contributed by atoms with Crippen LogP contribution in [0.1, 0.15) is 40.6 Å². The summed E-state index contributed by atoms with van der Waals surface area (Å²) in [5, 5.41) is 2.90. The van der Waals surface area contributed by atoms with Gasteiger partial charge >= 0.3 is 5.97 Å². The summed E-state index contributed by atoms with van der Waals surface area (Å²) in [7, 11) is 1.35. The number of anilines is 1. The number of para-hydroxylation sites is 1. The van der Waals surface area contributed by atoms with Crippen molar-refractivity contribution < 1.29 is 14.3 Å². The van der Waals surface area contributed by atoms with Crippen LogP contribution >= 0.6 is 0 Å². The first-order valence-electron chi connectivity index (χ1n) is 8.60. The number of fused-ring (bicyclic) bond motifs is 1. The molecule has 4 rings (SSSR count). The number of amides is 1. The number of carbonyl (C=O) groups excluding carboxylic acids is 2. The Morgan fingerprint density at radius 2 is 1.96 bits per heavy atom. The van der Waals surface area contributed by atoms with Crippen molar-refractivity contribution in [1.82, 2.24) is 9.38 Å².